The predicted molar refractivity (Wildman–Crippen MR) is 252 cm³/mol. The zero-order valence-electron chi connectivity index (χ0n) is 38.1. The van der Waals surface area contributed by atoms with Crippen molar-refractivity contribution >= 4 is 87.6 Å². The molecule has 1 aromatic rings. The largest absolute Gasteiger partial charge is 0.495 e. The number of benzene rings is 1. The van der Waals surface area contributed by atoms with E-state index in [1.165, 1.54) is 35.8 Å². The van der Waals surface area contributed by atoms with Crippen molar-refractivity contribution in [3.63, 3.8) is 0 Å². The number of hydrazine groups is 1. The highest BCUT2D eigenvalue weighted by atomic mass is 127. The average molecular weight is 1070 g/mol. The summed E-state index contributed by atoms with van der Waals surface area (Å²) in [6.07, 6.45) is 3.81. The lowest BCUT2D eigenvalue weighted by molar-refractivity contribution is -0.155. The third-order valence-electron chi connectivity index (χ3n) is 13.3. The number of anilines is 1. The number of hydrogen-bond acceptors (Lipinski definition) is 15. The van der Waals surface area contributed by atoms with E-state index in [0.29, 0.717) is 43.0 Å². The van der Waals surface area contributed by atoms with Gasteiger partial charge in [0.15, 0.2) is 5.72 Å². The number of likely N-dealkylation sites (tertiary alicyclic amines) is 1. The number of nitrogens with zero attached hydrogens (tertiary/aromatic N) is 2. The van der Waals surface area contributed by atoms with Gasteiger partial charge in [-0.3, -0.25) is 39.6 Å². The van der Waals surface area contributed by atoms with Crippen LogP contribution in [-0.4, -0.2) is 133 Å². The summed E-state index contributed by atoms with van der Waals surface area (Å²) >= 11 is 9.98. The molecule has 3 saturated heterocycles. The first kappa shape index (κ1) is 51.9. The minimum atomic E-state index is -1.84. The minimum Gasteiger partial charge on any atom is -0.495 e. The van der Waals surface area contributed by atoms with Crippen molar-refractivity contribution in [3.8, 4) is 5.75 Å². The van der Waals surface area contributed by atoms with Gasteiger partial charge in [-0.25, -0.2) is 4.79 Å². The molecule has 0 aromatic heterocycles. The van der Waals surface area contributed by atoms with E-state index in [4.69, 9.17) is 40.0 Å². The Bertz CT molecular complexity index is 2060. The molecule has 364 valence electrons. The molecular weight excluding hydrogens is 1010 g/mol. The van der Waals surface area contributed by atoms with E-state index in [1.54, 1.807) is 45.2 Å². The molecule has 21 heteroatoms. The average Bonchev–Trinajstić information content (AvgIpc) is 3.91. The summed E-state index contributed by atoms with van der Waals surface area (Å²) in [7, 11) is 4.49. The minimum absolute atomic E-state index is 0.00951. The Hall–Kier alpha value is -3.51. The summed E-state index contributed by atoms with van der Waals surface area (Å²) in [4.78, 5) is 81.6. The molecule has 1 unspecified atom stereocenters. The number of hydrogen-bond donors (Lipinski definition) is 4. The molecule has 4 aliphatic heterocycles. The van der Waals surface area contributed by atoms with Crippen molar-refractivity contribution in [3.05, 3.63) is 46.5 Å². The molecule has 0 spiro atoms. The number of esters is 1. The molecule has 4 bridgehead atoms. The highest BCUT2D eigenvalue weighted by Crippen LogP contribution is 2.49. The summed E-state index contributed by atoms with van der Waals surface area (Å²) in [6.45, 7) is 6.00. The van der Waals surface area contributed by atoms with E-state index >= 15 is 0 Å². The number of ether oxygens (including phenoxy) is 6. The monoisotopic (exact) mass is 1070 g/mol. The second-order valence-corrected chi connectivity index (χ2v) is 20.1. The number of epoxide rings is 1. The van der Waals surface area contributed by atoms with E-state index in [-0.39, 0.29) is 73.5 Å². The molecule has 5 amide bonds. The van der Waals surface area contributed by atoms with Crippen LogP contribution < -0.4 is 24.0 Å². The summed E-state index contributed by atoms with van der Waals surface area (Å²) in [5, 5.41) is 14.0. The first-order valence-corrected chi connectivity index (χ1v) is 24.7. The molecule has 18 nitrogen and oxygen atoms in total. The smallest absolute Gasteiger partial charge is 0.409 e. The van der Waals surface area contributed by atoms with E-state index in [0.717, 1.165) is 24.0 Å². The van der Waals surface area contributed by atoms with Gasteiger partial charge in [0, 0.05) is 74.0 Å². The lowest BCUT2D eigenvalue weighted by Crippen LogP contribution is -2.63. The summed E-state index contributed by atoms with van der Waals surface area (Å²) in [5.74, 6) is -1.23. The van der Waals surface area contributed by atoms with Gasteiger partial charge in [0.05, 0.1) is 50.2 Å². The van der Waals surface area contributed by atoms with E-state index in [1.807, 2.05) is 35.9 Å². The van der Waals surface area contributed by atoms with Crippen LogP contribution in [0.4, 0.5) is 10.5 Å². The van der Waals surface area contributed by atoms with Gasteiger partial charge >= 0.3 is 12.1 Å². The van der Waals surface area contributed by atoms with Crippen LogP contribution in [-0.2, 0) is 54.1 Å². The Kier molecular flexibility index (Phi) is 17.9. The van der Waals surface area contributed by atoms with E-state index in [2.05, 4.69) is 14.4 Å². The number of fused-ring (bicyclic) bond motifs is 5. The van der Waals surface area contributed by atoms with Crippen LogP contribution in [0.2, 0.25) is 5.02 Å². The SMILES string of the molecule is COc1cc2cc(c1Cl)N(C)C(=O)C[C@H](OC(=O)CCOCCSC1CC(=O)N(CC3CCC(C(=O)NNI)CC3)C1=O)[C@]1(C)O[C@H]1[C@H](C)[C@@H]1C[C@@](O)(NC(=O)O1)[C@H](OC)/C=C/C=C(\C)C2. The summed E-state index contributed by atoms with van der Waals surface area (Å²) in [6, 6.07) is 3.58. The first-order chi connectivity index (χ1) is 31.4. The Morgan fingerprint density at radius 2 is 1.83 bits per heavy atom. The maximum atomic E-state index is 14.2. The number of carbonyl (C=O) groups excluding carboxylic acids is 6. The zero-order chi connectivity index (χ0) is 47.9. The number of halogens is 2. The lowest BCUT2D eigenvalue weighted by atomic mass is 9.81. The van der Waals surface area contributed by atoms with Crippen LogP contribution in [0.1, 0.15) is 77.7 Å². The van der Waals surface area contributed by atoms with Gasteiger partial charge in [-0.05, 0) is 69.6 Å². The van der Waals surface area contributed by atoms with Crippen molar-refractivity contribution in [2.45, 2.75) is 120 Å². The van der Waals surface area contributed by atoms with Gasteiger partial charge in [-0.15, -0.1) is 11.8 Å². The number of nitrogens with one attached hydrogen (secondary N) is 3. The maximum absolute atomic E-state index is 14.2. The molecule has 4 fully saturated rings. The molecule has 1 aromatic carbocycles. The van der Waals surface area contributed by atoms with Crippen molar-refractivity contribution in [1.82, 2.24) is 19.3 Å². The van der Waals surface area contributed by atoms with Gasteiger partial charge < -0.3 is 38.4 Å². The fraction of sp³-hybridized carbons (Fsp3) is 0.644. The molecule has 66 heavy (non-hydrogen) atoms. The molecule has 1 aliphatic carbocycles. The fourth-order valence-electron chi connectivity index (χ4n) is 9.32. The van der Waals surface area contributed by atoms with Crippen LogP contribution >= 0.6 is 46.2 Å². The van der Waals surface area contributed by atoms with Gasteiger partial charge in [-0.1, -0.05) is 42.3 Å². The molecule has 4 N–H and O–H groups in total. The fourth-order valence-corrected chi connectivity index (χ4v) is 10.9. The van der Waals surface area contributed by atoms with Crippen molar-refractivity contribution in [2.75, 3.05) is 51.7 Å². The number of imide groups is 1. The molecule has 8 atom stereocenters. The number of rotatable bonds is 14. The molecule has 6 rings (SSSR count). The Balaban J connectivity index is 1.08. The lowest BCUT2D eigenvalue weighted by Gasteiger charge is -2.42. The third-order valence-corrected chi connectivity index (χ3v) is 15.1. The number of amides is 5. The number of allylic oxidation sites excluding steroid dienone is 3. The molecule has 5 aliphatic rings. The van der Waals surface area contributed by atoms with Crippen LogP contribution in [0.3, 0.4) is 0 Å². The van der Waals surface area contributed by atoms with E-state index in [9.17, 15) is 33.9 Å². The zero-order valence-corrected chi connectivity index (χ0v) is 41.8. The second-order valence-electron chi connectivity index (χ2n) is 17.8. The Morgan fingerprint density at radius 1 is 1.09 bits per heavy atom. The van der Waals surface area contributed by atoms with E-state index < -0.39 is 64.9 Å². The van der Waals surface area contributed by atoms with Crippen molar-refractivity contribution in [1.29, 1.82) is 0 Å². The number of thioether (sulfide) groups is 1. The highest BCUT2D eigenvalue weighted by molar-refractivity contribution is 14.1. The van der Waals surface area contributed by atoms with Crippen LogP contribution in [0.15, 0.2) is 35.9 Å². The van der Waals surface area contributed by atoms with Crippen LogP contribution in [0.25, 0.3) is 0 Å². The predicted octanol–water partition coefficient (Wildman–Crippen LogP) is 4.71. The van der Waals surface area contributed by atoms with Gasteiger partial charge in [0.25, 0.3) is 0 Å². The Morgan fingerprint density at radius 3 is 2.53 bits per heavy atom. The summed E-state index contributed by atoms with van der Waals surface area (Å²) < 4.78 is 37.6. The Labute approximate surface area is 408 Å². The summed E-state index contributed by atoms with van der Waals surface area (Å²) in [5.41, 5.74) is 1.69. The highest BCUT2D eigenvalue weighted by Gasteiger charge is 2.64. The van der Waals surface area contributed by atoms with Crippen LogP contribution in [0.5, 0.6) is 5.75 Å². The molecule has 0 radical (unpaired) electrons. The normalized spacial score (nSPS) is 33.0. The number of carbonyl (C=O) groups is 6. The molecular formula is C45H61ClIN5O13S. The second kappa shape index (κ2) is 22.7. The van der Waals surface area contributed by atoms with Crippen molar-refractivity contribution in [2.24, 2.45) is 17.8 Å². The number of alkyl carbamates (subject to hydrolysis) is 1. The molecule has 4 heterocycles. The topological polar surface area (TPSA) is 224 Å². The number of aliphatic hydroxyl groups is 1. The first-order valence-electron chi connectivity index (χ1n) is 22.2. The van der Waals surface area contributed by atoms with Crippen LogP contribution in [0, 0.1) is 17.8 Å². The molecule has 1 saturated carbocycles. The number of methoxy groups -OCH3 is 2. The standard InChI is InChI=1S/C45H61ClIN5O13S/c1-25-8-7-9-34(61-6)45(59)23-32(63-43(58)48-45)26(2)40-44(3,65-40)35(22-36(53)51(4)30-19-28(18-25)20-31(60-5)39(30)46)64-38(55)14-15-62-16-17-66-33-21-37(54)52(42(33)57)24-27-10-12-29(13-11-27)41(56)49-50-47/h7-9,19-20,26-27,29,32-35,40,50,59H,10-18,21-24H2,1-6H3,(H,48,58)(H,49,56)/b9-7+,25-8+/t26-,27?,29?,32+,33?,34-,35+,40+,44+,45+/m1/s1. The van der Waals surface area contributed by atoms with Crippen molar-refractivity contribution < 1.29 is 62.3 Å². The van der Waals surface area contributed by atoms with Gasteiger partial charge in [0.2, 0.25) is 23.6 Å². The quantitative estimate of drug-likeness (QED) is 0.0377. The maximum Gasteiger partial charge on any atom is 0.409 e. The van der Waals surface area contributed by atoms with Gasteiger partial charge in [0.1, 0.15) is 34.7 Å². The third kappa shape index (κ3) is 12.4. The van der Waals surface area contributed by atoms with Gasteiger partial charge in [-0.2, -0.15) is 3.64 Å².